The number of methoxy groups -OCH3 is 1. The van der Waals surface area contributed by atoms with Crippen molar-refractivity contribution in [1.29, 1.82) is 0 Å². The first kappa shape index (κ1) is 17.4. The minimum absolute atomic E-state index is 0.660. The van der Waals surface area contributed by atoms with Crippen molar-refractivity contribution in [3.05, 3.63) is 59.3 Å². The zero-order valence-corrected chi connectivity index (χ0v) is 14.6. The van der Waals surface area contributed by atoms with E-state index in [2.05, 4.69) is 66.1 Å². The van der Waals surface area contributed by atoms with Crippen LogP contribution in [0.25, 0.3) is 0 Å². The number of nitrogens with zero attached hydrogens (tertiary/aromatic N) is 3. The highest BCUT2D eigenvalue weighted by Crippen LogP contribution is 2.14. The second-order valence-corrected chi connectivity index (χ2v) is 6.15. The maximum Gasteiger partial charge on any atom is 0.212 e. The molecule has 0 atom stereocenters. The van der Waals surface area contributed by atoms with Crippen molar-refractivity contribution in [2.24, 2.45) is 0 Å². The molecule has 1 heterocycles. The number of likely N-dealkylation sites (N-methyl/N-ethyl adjacent to an activating group) is 1. The van der Waals surface area contributed by atoms with Crippen molar-refractivity contribution in [1.82, 2.24) is 14.8 Å². The molecule has 0 fully saturated rings. The number of rotatable bonds is 8. The lowest BCUT2D eigenvalue weighted by molar-refractivity contribution is 0.225. The molecule has 0 bridgehead atoms. The van der Waals surface area contributed by atoms with E-state index in [1.54, 1.807) is 7.11 Å². The Morgan fingerprint density at radius 1 is 1.00 bits per heavy atom. The van der Waals surface area contributed by atoms with Gasteiger partial charge in [-0.15, -0.1) is 0 Å². The molecule has 0 aliphatic heterocycles. The van der Waals surface area contributed by atoms with Gasteiger partial charge in [-0.1, -0.05) is 30.3 Å². The highest BCUT2D eigenvalue weighted by Gasteiger charge is 2.10. The molecule has 0 aliphatic rings. The molecule has 2 aromatic rings. The van der Waals surface area contributed by atoms with Gasteiger partial charge in [0.1, 0.15) is 0 Å². The first-order valence-electron chi connectivity index (χ1n) is 7.99. The summed E-state index contributed by atoms with van der Waals surface area (Å²) in [6.07, 6.45) is 1.90. The van der Waals surface area contributed by atoms with Crippen molar-refractivity contribution >= 4 is 0 Å². The van der Waals surface area contributed by atoms with E-state index in [0.717, 1.165) is 26.2 Å². The van der Waals surface area contributed by atoms with E-state index in [1.807, 2.05) is 12.3 Å². The van der Waals surface area contributed by atoms with Crippen LogP contribution in [-0.2, 0) is 13.1 Å². The van der Waals surface area contributed by atoms with Crippen LogP contribution in [0.4, 0.5) is 0 Å². The van der Waals surface area contributed by atoms with Gasteiger partial charge >= 0.3 is 0 Å². The zero-order chi connectivity index (χ0) is 16.7. The van der Waals surface area contributed by atoms with E-state index in [4.69, 9.17) is 4.74 Å². The van der Waals surface area contributed by atoms with Crippen LogP contribution >= 0.6 is 0 Å². The van der Waals surface area contributed by atoms with E-state index in [0.29, 0.717) is 5.88 Å². The smallest absolute Gasteiger partial charge is 0.212 e. The van der Waals surface area contributed by atoms with E-state index in [9.17, 15) is 0 Å². The largest absolute Gasteiger partial charge is 0.481 e. The third kappa shape index (κ3) is 5.66. The Balaban J connectivity index is 2.08. The summed E-state index contributed by atoms with van der Waals surface area (Å²) < 4.78 is 5.13. The molecule has 0 unspecified atom stereocenters. The maximum absolute atomic E-state index is 5.13. The Kier molecular flexibility index (Phi) is 6.56. The molecule has 4 nitrogen and oxygen atoms in total. The lowest BCUT2D eigenvalue weighted by Crippen LogP contribution is -2.31. The fourth-order valence-electron chi connectivity index (χ4n) is 2.47. The summed E-state index contributed by atoms with van der Waals surface area (Å²) >= 11 is 0. The molecule has 4 heteroatoms. The van der Waals surface area contributed by atoms with Gasteiger partial charge in [0.2, 0.25) is 5.88 Å². The Hall–Kier alpha value is -1.91. The van der Waals surface area contributed by atoms with Crippen LogP contribution in [-0.4, -0.2) is 49.1 Å². The number of ether oxygens (including phenoxy) is 1. The summed E-state index contributed by atoms with van der Waals surface area (Å²) in [5, 5.41) is 0. The summed E-state index contributed by atoms with van der Waals surface area (Å²) in [7, 11) is 5.87. The van der Waals surface area contributed by atoms with Gasteiger partial charge < -0.3 is 9.64 Å². The fourth-order valence-corrected chi connectivity index (χ4v) is 2.47. The molecule has 23 heavy (non-hydrogen) atoms. The van der Waals surface area contributed by atoms with Crippen molar-refractivity contribution in [3.8, 4) is 5.88 Å². The molecule has 0 radical (unpaired) electrons. The lowest BCUT2D eigenvalue weighted by atomic mass is 10.1. The Labute approximate surface area is 139 Å². The molecule has 0 saturated carbocycles. The van der Waals surface area contributed by atoms with Crippen molar-refractivity contribution < 1.29 is 4.74 Å². The lowest BCUT2D eigenvalue weighted by Gasteiger charge is -2.25. The summed E-state index contributed by atoms with van der Waals surface area (Å²) in [6.45, 7) is 6.07. The van der Waals surface area contributed by atoms with Gasteiger partial charge in [-0.25, -0.2) is 4.98 Å². The van der Waals surface area contributed by atoms with Gasteiger partial charge in [0, 0.05) is 38.4 Å². The van der Waals surface area contributed by atoms with Gasteiger partial charge in [-0.2, -0.15) is 0 Å². The molecular formula is C19H27N3O. The second-order valence-electron chi connectivity index (χ2n) is 6.15. The van der Waals surface area contributed by atoms with Crippen LogP contribution < -0.4 is 4.74 Å². The third-order valence-corrected chi connectivity index (χ3v) is 3.93. The molecule has 0 spiro atoms. The number of hydrogen-bond donors (Lipinski definition) is 0. The highest BCUT2D eigenvalue weighted by molar-refractivity contribution is 5.25. The Morgan fingerprint density at radius 3 is 2.39 bits per heavy atom. The summed E-state index contributed by atoms with van der Waals surface area (Å²) in [5.41, 5.74) is 3.93. The van der Waals surface area contributed by atoms with Crippen molar-refractivity contribution in [3.63, 3.8) is 0 Å². The molecule has 0 N–H and O–H groups in total. The predicted octanol–water partition coefficient (Wildman–Crippen LogP) is 2.96. The van der Waals surface area contributed by atoms with Crippen LogP contribution in [0.15, 0.2) is 42.6 Å². The number of aryl methyl sites for hydroxylation is 1. The van der Waals surface area contributed by atoms with Gasteiger partial charge in [0.05, 0.1) is 7.11 Å². The van der Waals surface area contributed by atoms with E-state index in [-0.39, 0.29) is 0 Å². The first-order valence-corrected chi connectivity index (χ1v) is 7.99. The second kappa shape index (κ2) is 8.65. The van der Waals surface area contributed by atoms with E-state index >= 15 is 0 Å². The van der Waals surface area contributed by atoms with Crippen LogP contribution in [0.5, 0.6) is 5.88 Å². The number of aromatic nitrogens is 1. The molecular weight excluding hydrogens is 286 g/mol. The summed E-state index contributed by atoms with van der Waals surface area (Å²) in [4.78, 5) is 8.99. The summed E-state index contributed by atoms with van der Waals surface area (Å²) in [6, 6.07) is 12.6. The minimum atomic E-state index is 0.660. The Morgan fingerprint density at radius 2 is 1.78 bits per heavy atom. The van der Waals surface area contributed by atoms with Crippen LogP contribution in [0.3, 0.4) is 0 Å². The molecule has 0 amide bonds. The zero-order valence-electron chi connectivity index (χ0n) is 14.6. The molecule has 0 saturated heterocycles. The monoisotopic (exact) mass is 313 g/mol. The molecule has 1 aromatic carbocycles. The number of pyridine rings is 1. The standard InChI is InChI=1S/C19H27N3O/c1-16-7-5-6-8-18(16)15-22(12-11-21(2)3)14-17-9-10-19(23-4)20-13-17/h5-10,13H,11-12,14-15H2,1-4H3. The van der Waals surface area contributed by atoms with Gasteiger partial charge in [-0.05, 0) is 37.7 Å². The van der Waals surface area contributed by atoms with Crippen LogP contribution in [0.1, 0.15) is 16.7 Å². The minimum Gasteiger partial charge on any atom is -0.481 e. The van der Waals surface area contributed by atoms with Gasteiger partial charge in [0.25, 0.3) is 0 Å². The topological polar surface area (TPSA) is 28.6 Å². The fraction of sp³-hybridized carbons (Fsp3) is 0.421. The first-order chi connectivity index (χ1) is 11.1. The SMILES string of the molecule is COc1ccc(CN(CCN(C)C)Cc2ccccc2C)cn1. The molecule has 0 aliphatic carbocycles. The number of hydrogen-bond acceptors (Lipinski definition) is 4. The van der Waals surface area contributed by atoms with E-state index < -0.39 is 0 Å². The molecule has 1 aromatic heterocycles. The average Bonchev–Trinajstić information content (AvgIpc) is 2.55. The maximum atomic E-state index is 5.13. The van der Waals surface area contributed by atoms with Crippen LogP contribution in [0.2, 0.25) is 0 Å². The van der Waals surface area contributed by atoms with Crippen LogP contribution in [0, 0.1) is 6.92 Å². The molecule has 2 rings (SSSR count). The normalized spacial score (nSPS) is 11.2. The van der Waals surface area contributed by atoms with Gasteiger partial charge in [0.15, 0.2) is 0 Å². The highest BCUT2D eigenvalue weighted by atomic mass is 16.5. The van der Waals surface area contributed by atoms with Crippen molar-refractivity contribution in [2.75, 3.05) is 34.3 Å². The average molecular weight is 313 g/mol. The number of benzene rings is 1. The quantitative estimate of drug-likeness (QED) is 0.749. The summed E-state index contributed by atoms with van der Waals surface area (Å²) in [5.74, 6) is 0.660. The third-order valence-electron chi connectivity index (χ3n) is 3.93. The predicted molar refractivity (Wildman–Crippen MR) is 94.6 cm³/mol. The van der Waals surface area contributed by atoms with E-state index in [1.165, 1.54) is 16.7 Å². The van der Waals surface area contributed by atoms with Crippen molar-refractivity contribution in [2.45, 2.75) is 20.0 Å². The Bertz CT molecular complexity index is 596. The van der Waals surface area contributed by atoms with Gasteiger partial charge in [-0.3, -0.25) is 4.90 Å². The molecule has 124 valence electrons.